The fourth-order valence-electron chi connectivity index (χ4n) is 1.48. The monoisotopic (exact) mass is 247 g/mol. The van der Waals surface area contributed by atoms with E-state index >= 15 is 0 Å². The Morgan fingerprint density at radius 2 is 2.22 bits per heavy atom. The lowest BCUT2D eigenvalue weighted by Crippen LogP contribution is -2.04. The Kier molecular flexibility index (Phi) is 4.11. The van der Waals surface area contributed by atoms with Crippen LogP contribution in [0.15, 0.2) is 22.9 Å². The van der Waals surface area contributed by atoms with Gasteiger partial charge in [-0.05, 0) is 19.4 Å². The van der Waals surface area contributed by atoms with Crippen molar-refractivity contribution in [1.29, 1.82) is 0 Å². The Morgan fingerprint density at radius 3 is 2.94 bits per heavy atom. The van der Waals surface area contributed by atoms with Crippen molar-refractivity contribution in [3.05, 3.63) is 30.0 Å². The predicted octanol–water partition coefficient (Wildman–Crippen LogP) is 2.21. The summed E-state index contributed by atoms with van der Waals surface area (Å²) < 4.78 is 5.03. The molecule has 0 unspecified atom stereocenters. The second-order valence-corrected chi connectivity index (χ2v) is 3.95. The molecule has 2 heterocycles. The maximum Gasteiger partial charge on any atom is 0.245 e. The molecule has 2 N–H and O–H groups in total. The van der Waals surface area contributed by atoms with E-state index in [1.165, 1.54) is 0 Å². The first-order chi connectivity index (χ1) is 8.78. The first kappa shape index (κ1) is 12.3. The Hall–Kier alpha value is -2.11. The summed E-state index contributed by atoms with van der Waals surface area (Å²) in [5, 5.41) is 10.2. The number of nitrogens with zero attached hydrogens (tertiary/aromatic N) is 3. The third kappa shape index (κ3) is 3.44. The molecule has 96 valence electrons. The lowest BCUT2D eigenvalue weighted by Gasteiger charge is -2.07. The number of aryl methyl sites for hydroxylation is 1. The molecule has 0 bridgehead atoms. The van der Waals surface area contributed by atoms with E-state index < -0.39 is 0 Å². The van der Waals surface area contributed by atoms with Crippen LogP contribution in [0, 0.1) is 6.92 Å². The van der Waals surface area contributed by atoms with E-state index in [9.17, 15) is 0 Å². The summed E-state index contributed by atoms with van der Waals surface area (Å²) in [4.78, 5) is 8.36. The molecule has 0 saturated carbocycles. The smallest absolute Gasteiger partial charge is 0.245 e. The van der Waals surface area contributed by atoms with Gasteiger partial charge >= 0.3 is 0 Å². The summed E-state index contributed by atoms with van der Waals surface area (Å²) >= 11 is 0. The van der Waals surface area contributed by atoms with E-state index in [-0.39, 0.29) is 0 Å². The van der Waals surface area contributed by atoms with Crippen LogP contribution in [0.1, 0.15) is 25.1 Å². The van der Waals surface area contributed by atoms with Crippen LogP contribution in [0.25, 0.3) is 0 Å². The van der Waals surface area contributed by atoms with Gasteiger partial charge in [0.05, 0.1) is 6.54 Å². The number of aromatic nitrogens is 3. The minimum Gasteiger partial charge on any atom is -0.376 e. The highest BCUT2D eigenvalue weighted by molar-refractivity contribution is 5.51. The van der Waals surface area contributed by atoms with Crippen molar-refractivity contribution < 1.29 is 4.52 Å². The molecule has 2 rings (SSSR count). The molecule has 0 atom stereocenters. The second kappa shape index (κ2) is 6.00. The summed E-state index contributed by atoms with van der Waals surface area (Å²) in [5.74, 6) is 2.09. The van der Waals surface area contributed by atoms with Crippen LogP contribution in [0.3, 0.4) is 0 Å². The van der Waals surface area contributed by atoms with E-state index in [0.717, 1.165) is 24.5 Å². The molecular formula is C12H17N5O. The van der Waals surface area contributed by atoms with Crippen LogP contribution in [0.2, 0.25) is 0 Å². The van der Waals surface area contributed by atoms with E-state index in [0.29, 0.717) is 18.3 Å². The highest BCUT2D eigenvalue weighted by Gasteiger charge is 2.02. The number of pyridine rings is 1. The number of rotatable bonds is 6. The summed E-state index contributed by atoms with van der Waals surface area (Å²) in [6.07, 6.45) is 2.83. The maximum absolute atomic E-state index is 5.03. The molecule has 2 aromatic heterocycles. The van der Waals surface area contributed by atoms with Crippen molar-refractivity contribution in [3.63, 3.8) is 0 Å². The van der Waals surface area contributed by atoms with Gasteiger partial charge in [0, 0.05) is 24.5 Å². The van der Waals surface area contributed by atoms with Crippen molar-refractivity contribution in [3.8, 4) is 0 Å². The SMILES string of the molecule is CCCNc1cc(NCc2nc(C)no2)ccn1. The molecule has 18 heavy (non-hydrogen) atoms. The first-order valence-electron chi connectivity index (χ1n) is 6.01. The van der Waals surface area contributed by atoms with Gasteiger partial charge in [0.25, 0.3) is 0 Å². The van der Waals surface area contributed by atoms with Crippen LogP contribution in [-0.2, 0) is 6.54 Å². The van der Waals surface area contributed by atoms with Crippen molar-refractivity contribution in [2.24, 2.45) is 0 Å². The van der Waals surface area contributed by atoms with Gasteiger partial charge < -0.3 is 15.2 Å². The molecule has 0 saturated heterocycles. The molecule has 6 heteroatoms. The number of anilines is 2. The molecule has 6 nitrogen and oxygen atoms in total. The van der Waals surface area contributed by atoms with Gasteiger partial charge in [-0.15, -0.1) is 0 Å². The summed E-state index contributed by atoms with van der Waals surface area (Å²) in [7, 11) is 0. The highest BCUT2D eigenvalue weighted by Crippen LogP contribution is 2.12. The average molecular weight is 247 g/mol. The summed E-state index contributed by atoms with van der Waals surface area (Å²) in [6, 6.07) is 3.86. The molecule has 0 aliphatic heterocycles. The Bertz CT molecular complexity index is 497. The van der Waals surface area contributed by atoms with Gasteiger partial charge in [-0.25, -0.2) is 4.98 Å². The van der Waals surface area contributed by atoms with Crippen LogP contribution in [0.4, 0.5) is 11.5 Å². The van der Waals surface area contributed by atoms with Gasteiger partial charge in [-0.3, -0.25) is 0 Å². The molecule has 2 aromatic rings. The fraction of sp³-hybridized carbons (Fsp3) is 0.417. The largest absolute Gasteiger partial charge is 0.376 e. The third-order valence-electron chi connectivity index (χ3n) is 2.33. The minimum atomic E-state index is 0.512. The minimum absolute atomic E-state index is 0.512. The van der Waals surface area contributed by atoms with E-state index in [2.05, 4.69) is 32.7 Å². The molecule has 0 fully saturated rings. The quantitative estimate of drug-likeness (QED) is 0.815. The van der Waals surface area contributed by atoms with E-state index in [1.54, 1.807) is 13.1 Å². The Balaban J connectivity index is 1.92. The summed E-state index contributed by atoms with van der Waals surface area (Å²) in [5.41, 5.74) is 0.972. The van der Waals surface area contributed by atoms with Crippen molar-refractivity contribution >= 4 is 11.5 Å². The zero-order chi connectivity index (χ0) is 12.8. The number of hydrogen-bond donors (Lipinski definition) is 2. The summed E-state index contributed by atoms with van der Waals surface area (Å²) in [6.45, 7) is 5.34. The number of nitrogens with one attached hydrogen (secondary N) is 2. The zero-order valence-electron chi connectivity index (χ0n) is 10.6. The molecule has 0 aliphatic rings. The third-order valence-corrected chi connectivity index (χ3v) is 2.33. The average Bonchev–Trinajstić information content (AvgIpc) is 2.80. The number of hydrogen-bond acceptors (Lipinski definition) is 6. The highest BCUT2D eigenvalue weighted by atomic mass is 16.5. The van der Waals surface area contributed by atoms with Gasteiger partial charge in [0.1, 0.15) is 5.82 Å². The van der Waals surface area contributed by atoms with E-state index in [1.807, 2.05) is 12.1 Å². The topological polar surface area (TPSA) is 75.9 Å². The first-order valence-corrected chi connectivity index (χ1v) is 6.01. The van der Waals surface area contributed by atoms with Gasteiger partial charge in [-0.2, -0.15) is 4.98 Å². The Morgan fingerprint density at radius 1 is 1.33 bits per heavy atom. The molecule has 0 radical (unpaired) electrons. The molecule has 0 aromatic carbocycles. The van der Waals surface area contributed by atoms with Crippen molar-refractivity contribution in [1.82, 2.24) is 15.1 Å². The van der Waals surface area contributed by atoms with Gasteiger partial charge in [0.2, 0.25) is 5.89 Å². The van der Waals surface area contributed by atoms with Crippen LogP contribution in [-0.4, -0.2) is 21.7 Å². The van der Waals surface area contributed by atoms with Gasteiger partial charge in [-0.1, -0.05) is 12.1 Å². The van der Waals surface area contributed by atoms with Crippen LogP contribution < -0.4 is 10.6 Å². The van der Waals surface area contributed by atoms with Gasteiger partial charge in [0.15, 0.2) is 5.82 Å². The zero-order valence-corrected chi connectivity index (χ0v) is 10.6. The predicted molar refractivity (Wildman–Crippen MR) is 69.4 cm³/mol. The molecule has 0 amide bonds. The normalized spacial score (nSPS) is 10.3. The van der Waals surface area contributed by atoms with Crippen LogP contribution in [0.5, 0.6) is 0 Å². The maximum atomic E-state index is 5.03. The van der Waals surface area contributed by atoms with E-state index in [4.69, 9.17) is 4.52 Å². The molecule has 0 aliphatic carbocycles. The van der Waals surface area contributed by atoms with Crippen molar-refractivity contribution in [2.45, 2.75) is 26.8 Å². The second-order valence-electron chi connectivity index (χ2n) is 3.95. The Labute approximate surface area is 106 Å². The van der Waals surface area contributed by atoms with Crippen molar-refractivity contribution in [2.75, 3.05) is 17.2 Å². The lowest BCUT2D eigenvalue weighted by atomic mass is 10.3. The molecular weight excluding hydrogens is 230 g/mol. The molecule has 0 spiro atoms. The van der Waals surface area contributed by atoms with Crippen LogP contribution >= 0.6 is 0 Å². The fourth-order valence-corrected chi connectivity index (χ4v) is 1.48. The lowest BCUT2D eigenvalue weighted by molar-refractivity contribution is 0.379. The standard InChI is InChI=1S/C12H17N5O/c1-3-5-13-11-7-10(4-6-14-11)15-8-12-16-9(2)17-18-12/h4,6-7H,3,5,8H2,1-2H3,(H2,13,14,15).